The monoisotopic (exact) mass is 819 g/mol. The van der Waals surface area contributed by atoms with Gasteiger partial charge in [-0.25, -0.2) is 9.98 Å². The van der Waals surface area contributed by atoms with Gasteiger partial charge in [0.25, 0.3) is 0 Å². The molecule has 3 heteroatoms. The molecule has 0 aliphatic carbocycles. The molecule has 10 aromatic carbocycles. The number of nitrogens with zero attached hydrogens (tertiary/aromatic N) is 3. The lowest BCUT2D eigenvalue weighted by molar-refractivity contribution is 1.06. The van der Waals surface area contributed by atoms with Gasteiger partial charge in [0.05, 0.1) is 17.8 Å². The number of rotatable bonds is 7. The fourth-order valence-electron chi connectivity index (χ4n) is 8.70. The van der Waals surface area contributed by atoms with Crippen molar-refractivity contribution in [3.05, 3.63) is 247 Å². The van der Waals surface area contributed by atoms with Gasteiger partial charge >= 0.3 is 0 Å². The molecule has 11 rings (SSSR count). The molecule has 0 saturated carbocycles. The Morgan fingerprint density at radius 1 is 0.422 bits per heavy atom. The number of para-hydroxylation sites is 1. The summed E-state index contributed by atoms with van der Waals surface area (Å²) in [6, 6.07) is 81.6. The van der Waals surface area contributed by atoms with E-state index < -0.39 is 0 Å². The average molecular weight is 820 g/mol. The van der Waals surface area contributed by atoms with Crippen LogP contribution < -0.4 is 0 Å². The summed E-state index contributed by atoms with van der Waals surface area (Å²) in [5, 5.41) is 8.59. The highest BCUT2D eigenvalue weighted by Crippen LogP contribution is 2.36. The van der Waals surface area contributed by atoms with Crippen LogP contribution in [0.4, 0.5) is 0 Å². The first kappa shape index (κ1) is 39.8. The predicted octanol–water partition coefficient (Wildman–Crippen LogP) is 16.0. The van der Waals surface area contributed by atoms with E-state index in [2.05, 4.69) is 206 Å². The Morgan fingerprint density at radius 3 is 1.73 bits per heavy atom. The molecule has 64 heavy (non-hydrogen) atoms. The highest BCUT2D eigenvalue weighted by molar-refractivity contribution is 6.11. The van der Waals surface area contributed by atoms with Crippen molar-refractivity contribution in [2.24, 2.45) is 9.98 Å². The molecule has 0 radical (unpaired) electrons. The van der Waals surface area contributed by atoms with E-state index in [1.54, 1.807) is 0 Å². The lowest BCUT2D eigenvalue weighted by Gasteiger charge is -2.12. The Labute approximate surface area is 374 Å². The van der Waals surface area contributed by atoms with Crippen molar-refractivity contribution in [2.75, 3.05) is 0 Å². The third-order valence-corrected chi connectivity index (χ3v) is 11.9. The molecule has 0 atom stereocenters. The van der Waals surface area contributed by atoms with Gasteiger partial charge in [-0.15, -0.1) is 0 Å². The summed E-state index contributed by atoms with van der Waals surface area (Å²) in [4.78, 5) is 13.6. The van der Waals surface area contributed by atoms with Gasteiger partial charge in [0, 0.05) is 21.9 Å². The highest BCUT2D eigenvalue weighted by atomic mass is 14.9. The number of hydrogen-bond donors (Lipinski definition) is 0. The molecular formula is C61H45N3. The highest BCUT2D eigenvalue weighted by Gasteiger charge is 2.12. The summed E-state index contributed by atoms with van der Waals surface area (Å²) in [6.07, 6.45) is 0. The Morgan fingerprint density at radius 2 is 0.984 bits per heavy atom. The molecule has 11 aromatic rings. The summed E-state index contributed by atoms with van der Waals surface area (Å²) in [7, 11) is 0. The number of aryl methyl sites for hydroxylation is 1. The third kappa shape index (κ3) is 8.35. The molecule has 0 spiro atoms. The second-order valence-corrected chi connectivity index (χ2v) is 16.1. The number of fused-ring (bicyclic) bond motifs is 5. The zero-order valence-corrected chi connectivity index (χ0v) is 35.7. The Hall–Kier alpha value is -8.27. The van der Waals surface area contributed by atoms with Crippen molar-refractivity contribution in [1.82, 2.24) is 4.98 Å². The van der Waals surface area contributed by atoms with Gasteiger partial charge in [-0.1, -0.05) is 206 Å². The van der Waals surface area contributed by atoms with Crippen LogP contribution in [-0.4, -0.2) is 17.5 Å². The third-order valence-electron chi connectivity index (χ3n) is 11.9. The molecule has 3 nitrogen and oxygen atoms in total. The van der Waals surface area contributed by atoms with E-state index in [-0.39, 0.29) is 0 Å². The van der Waals surface area contributed by atoms with Crippen LogP contribution in [0.1, 0.15) is 16.7 Å². The molecule has 0 aliphatic heterocycles. The first-order chi connectivity index (χ1) is 31.6. The van der Waals surface area contributed by atoms with E-state index in [4.69, 9.17) is 4.98 Å². The number of aromatic nitrogens is 1. The maximum absolute atomic E-state index is 5.13. The van der Waals surface area contributed by atoms with Crippen molar-refractivity contribution in [3.8, 4) is 44.6 Å². The number of benzene rings is 10. The SMILES string of the molecule is C=NC(=NCc1ccccc1)c1ccccc1.Cc1cc(-c2ccc(-c3cccc4ccccc34)cc2)cc(-c2ccc3cc(-c4nc5ccccc5c5ccccc45)ccc3c2)c1. The number of hydrogen-bond acceptors (Lipinski definition) is 2. The van der Waals surface area contributed by atoms with Gasteiger partial charge in [-0.3, -0.25) is 4.99 Å². The first-order valence-electron chi connectivity index (χ1n) is 21.7. The van der Waals surface area contributed by atoms with Gasteiger partial charge in [0.1, 0.15) is 0 Å². The van der Waals surface area contributed by atoms with E-state index in [1.165, 1.54) is 82.2 Å². The van der Waals surface area contributed by atoms with Crippen molar-refractivity contribution in [3.63, 3.8) is 0 Å². The van der Waals surface area contributed by atoms with Crippen LogP contribution in [0.2, 0.25) is 0 Å². The second-order valence-electron chi connectivity index (χ2n) is 16.1. The van der Waals surface area contributed by atoms with E-state index >= 15 is 0 Å². The topological polar surface area (TPSA) is 37.6 Å². The van der Waals surface area contributed by atoms with Crippen molar-refractivity contribution >= 4 is 55.8 Å². The molecule has 1 heterocycles. The Bertz CT molecular complexity index is 3470. The van der Waals surface area contributed by atoms with Crippen molar-refractivity contribution in [2.45, 2.75) is 13.5 Å². The van der Waals surface area contributed by atoms with Crippen molar-refractivity contribution < 1.29 is 0 Å². The van der Waals surface area contributed by atoms with Crippen LogP contribution in [0.25, 0.3) is 87.9 Å². The van der Waals surface area contributed by atoms with Crippen molar-refractivity contribution in [1.29, 1.82) is 0 Å². The van der Waals surface area contributed by atoms with E-state index in [1.807, 2.05) is 48.5 Å². The first-order valence-corrected chi connectivity index (χ1v) is 21.7. The van der Waals surface area contributed by atoms with Gasteiger partial charge in [0.15, 0.2) is 5.84 Å². The minimum Gasteiger partial charge on any atom is -0.261 e. The lowest BCUT2D eigenvalue weighted by atomic mass is 9.93. The van der Waals surface area contributed by atoms with E-state index in [0.29, 0.717) is 12.4 Å². The molecule has 304 valence electrons. The molecule has 1 aromatic heterocycles. The van der Waals surface area contributed by atoms with Crippen LogP contribution in [0.3, 0.4) is 0 Å². The quantitative estimate of drug-likeness (QED) is 0.0896. The zero-order chi connectivity index (χ0) is 43.2. The lowest BCUT2D eigenvalue weighted by Crippen LogP contribution is -1.97. The van der Waals surface area contributed by atoms with Gasteiger partial charge in [0.2, 0.25) is 0 Å². The zero-order valence-electron chi connectivity index (χ0n) is 35.7. The summed E-state index contributed by atoms with van der Waals surface area (Å²) < 4.78 is 0. The largest absolute Gasteiger partial charge is 0.261 e. The number of pyridine rings is 1. The Kier molecular flexibility index (Phi) is 11.2. The molecule has 0 unspecified atom stereocenters. The molecule has 0 saturated heterocycles. The second kappa shape index (κ2) is 18.0. The summed E-state index contributed by atoms with van der Waals surface area (Å²) in [5.41, 5.74) is 14.0. The number of aliphatic imine (C=N–C) groups is 2. The Balaban J connectivity index is 0.000000240. The standard InChI is InChI=1S/C46H31N.C15H14N2/c1-30-25-38(31-17-19-33(20-18-31)41-15-8-10-32-9-2-3-11-40(32)41)29-39(26-30)36-22-21-35-28-37(24-23-34(35)27-36)46-44-14-5-4-12-42(44)43-13-6-7-16-45(43)47-46;1-16-15(14-10-6-3-7-11-14)17-12-13-8-4-2-5-9-13/h2-29H,1H3;2-11H,1,12H2. The minimum absolute atomic E-state index is 0.629. The summed E-state index contributed by atoms with van der Waals surface area (Å²) >= 11 is 0. The maximum Gasteiger partial charge on any atom is 0.154 e. The molecular weight excluding hydrogens is 775 g/mol. The smallest absolute Gasteiger partial charge is 0.154 e. The fourth-order valence-corrected chi connectivity index (χ4v) is 8.70. The van der Waals surface area contributed by atoms with Crippen LogP contribution >= 0.6 is 0 Å². The van der Waals surface area contributed by atoms with E-state index in [0.717, 1.165) is 22.3 Å². The normalized spacial score (nSPS) is 11.4. The van der Waals surface area contributed by atoms with Crippen LogP contribution in [0.15, 0.2) is 241 Å². The minimum atomic E-state index is 0.629. The molecule has 0 aliphatic rings. The fraction of sp³-hybridized carbons (Fsp3) is 0.0328. The van der Waals surface area contributed by atoms with Gasteiger partial charge < -0.3 is 0 Å². The number of amidine groups is 1. The molecule has 0 amide bonds. The summed E-state index contributed by atoms with van der Waals surface area (Å²) in [5.74, 6) is 0.689. The maximum atomic E-state index is 5.13. The average Bonchev–Trinajstić information content (AvgIpc) is 3.36. The molecule has 0 fully saturated rings. The molecule has 0 bridgehead atoms. The summed E-state index contributed by atoms with van der Waals surface area (Å²) in [6.45, 7) is 6.38. The van der Waals surface area contributed by atoms with Gasteiger partial charge in [-0.2, -0.15) is 0 Å². The van der Waals surface area contributed by atoms with Crippen LogP contribution in [-0.2, 0) is 6.54 Å². The molecule has 0 N–H and O–H groups in total. The van der Waals surface area contributed by atoms with E-state index in [9.17, 15) is 0 Å². The van der Waals surface area contributed by atoms with Crippen LogP contribution in [0.5, 0.6) is 0 Å². The van der Waals surface area contributed by atoms with Crippen LogP contribution in [0, 0.1) is 6.92 Å². The predicted molar refractivity (Wildman–Crippen MR) is 273 cm³/mol. The van der Waals surface area contributed by atoms with Gasteiger partial charge in [-0.05, 0) is 109 Å².